The summed E-state index contributed by atoms with van der Waals surface area (Å²) >= 11 is 0. The second-order valence-corrected chi connectivity index (χ2v) is 11.5. The summed E-state index contributed by atoms with van der Waals surface area (Å²) in [6.07, 6.45) is 5.73. The molecule has 0 radical (unpaired) electrons. The fraction of sp³-hybridized carbons (Fsp3) is 0.156. The molecule has 0 aliphatic carbocycles. The molecule has 202 valence electrons. The van der Waals surface area contributed by atoms with Crippen LogP contribution in [0.15, 0.2) is 109 Å². The van der Waals surface area contributed by atoms with Crippen molar-refractivity contribution in [1.29, 1.82) is 0 Å². The van der Waals surface area contributed by atoms with Gasteiger partial charge in [-0.3, -0.25) is 0 Å². The number of hydrogen-bond acceptors (Lipinski definition) is 6. The molecule has 0 spiro atoms. The third-order valence-corrected chi connectivity index (χ3v) is 8.72. The Morgan fingerprint density at radius 1 is 0.925 bits per heavy atom. The quantitative estimate of drug-likeness (QED) is 0.198. The molecule has 5 aromatic rings. The molecule has 3 N–H and O–H groups in total. The van der Waals surface area contributed by atoms with Gasteiger partial charge in [-0.05, 0) is 47.9 Å². The number of aromatic nitrogens is 3. The minimum Gasteiger partial charge on any atom is -0.455 e. The SMILES string of the molecule is Cc1cc(Nc2ncnc3ccn(CCN)c23)ccc1OC1=CN(Cc2ccccc2)S(Cc2ccccc2)=C1. The molecule has 1 aliphatic heterocycles. The van der Waals surface area contributed by atoms with Gasteiger partial charge in [-0.15, -0.1) is 0 Å². The van der Waals surface area contributed by atoms with Gasteiger partial charge in [-0.2, -0.15) is 0 Å². The van der Waals surface area contributed by atoms with Gasteiger partial charge in [-0.1, -0.05) is 71.3 Å². The van der Waals surface area contributed by atoms with Gasteiger partial charge in [0.2, 0.25) is 0 Å². The summed E-state index contributed by atoms with van der Waals surface area (Å²) in [7, 11) is -0.119. The first-order valence-corrected chi connectivity index (χ1v) is 14.7. The van der Waals surface area contributed by atoms with E-state index >= 15 is 0 Å². The third-order valence-electron chi connectivity index (χ3n) is 6.75. The summed E-state index contributed by atoms with van der Waals surface area (Å²) in [5.74, 6) is 3.40. The molecule has 1 unspecified atom stereocenters. The highest BCUT2D eigenvalue weighted by molar-refractivity contribution is 8.12. The van der Waals surface area contributed by atoms with E-state index in [1.807, 2.05) is 24.4 Å². The highest BCUT2D eigenvalue weighted by Crippen LogP contribution is 2.35. The molecule has 0 fully saturated rings. The summed E-state index contributed by atoms with van der Waals surface area (Å²) in [5.41, 5.74) is 12.2. The lowest BCUT2D eigenvalue weighted by molar-refractivity contribution is 0.442. The number of hydrogen-bond donors (Lipinski definition) is 2. The van der Waals surface area contributed by atoms with Gasteiger partial charge in [0.05, 0.1) is 18.3 Å². The topological polar surface area (TPSA) is 81.2 Å². The lowest BCUT2D eigenvalue weighted by atomic mass is 10.2. The van der Waals surface area contributed by atoms with E-state index in [0.717, 1.165) is 51.9 Å². The van der Waals surface area contributed by atoms with Gasteiger partial charge in [0.15, 0.2) is 11.6 Å². The van der Waals surface area contributed by atoms with Crippen LogP contribution in [-0.2, 0) is 18.8 Å². The fourth-order valence-corrected chi connectivity index (χ4v) is 6.66. The number of benzene rings is 3. The molecule has 7 nitrogen and oxygen atoms in total. The lowest BCUT2D eigenvalue weighted by Gasteiger charge is -2.21. The number of fused-ring (bicyclic) bond motifs is 1. The first-order valence-electron chi connectivity index (χ1n) is 13.3. The van der Waals surface area contributed by atoms with E-state index in [1.54, 1.807) is 6.33 Å². The van der Waals surface area contributed by atoms with E-state index in [1.165, 1.54) is 11.1 Å². The first kappa shape index (κ1) is 25.9. The summed E-state index contributed by atoms with van der Waals surface area (Å²) in [6, 6.07) is 29.3. The van der Waals surface area contributed by atoms with Crippen LogP contribution in [0.5, 0.6) is 5.75 Å². The summed E-state index contributed by atoms with van der Waals surface area (Å²) in [5, 5.41) is 5.72. The van der Waals surface area contributed by atoms with Crippen molar-refractivity contribution in [2.24, 2.45) is 5.73 Å². The second kappa shape index (κ2) is 11.8. The number of aryl methyl sites for hydroxylation is 1. The number of nitrogens with one attached hydrogen (secondary N) is 1. The standard InChI is InChI=1S/C32H32N6OS/c1-24-18-27(36-32-31-29(34-23-35-32)14-16-37(31)17-15-33)12-13-30(24)39-28-20-38(19-25-8-4-2-5-9-25)40(22-28)21-26-10-6-3-7-11-26/h2-14,16,18,20,22-23H,15,17,19,21,33H2,1H3,(H,34,35,36). The number of allylic oxidation sites excluding steroid dienone is 1. The molecular weight excluding hydrogens is 516 g/mol. The van der Waals surface area contributed by atoms with E-state index in [4.69, 9.17) is 10.5 Å². The summed E-state index contributed by atoms with van der Waals surface area (Å²) in [4.78, 5) is 8.90. The van der Waals surface area contributed by atoms with Gasteiger partial charge in [0.25, 0.3) is 0 Å². The second-order valence-electron chi connectivity index (χ2n) is 9.70. The van der Waals surface area contributed by atoms with E-state index < -0.39 is 0 Å². The zero-order chi connectivity index (χ0) is 27.3. The Morgan fingerprint density at radius 2 is 1.70 bits per heavy atom. The Morgan fingerprint density at radius 3 is 2.45 bits per heavy atom. The van der Waals surface area contributed by atoms with Crippen LogP contribution in [0.3, 0.4) is 0 Å². The van der Waals surface area contributed by atoms with E-state index in [-0.39, 0.29) is 10.7 Å². The molecule has 40 heavy (non-hydrogen) atoms. The molecule has 0 saturated carbocycles. The zero-order valence-electron chi connectivity index (χ0n) is 22.4. The number of nitrogens with two attached hydrogens (primary N) is 1. The number of rotatable bonds is 10. The molecule has 0 saturated heterocycles. The van der Waals surface area contributed by atoms with Crippen LogP contribution in [-0.4, -0.2) is 30.8 Å². The van der Waals surface area contributed by atoms with E-state index in [2.05, 4.69) is 109 Å². The average molecular weight is 549 g/mol. The van der Waals surface area contributed by atoms with Gasteiger partial charge in [0.1, 0.15) is 17.6 Å². The van der Waals surface area contributed by atoms with Gasteiger partial charge in [0, 0.05) is 36.1 Å². The van der Waals surface area contributed by atoms with Crippen molar-refractivity contribution < 1.29 is 4.74 Å². The molecule has 8 heteroatoms. The molecule has 1 atom stereocenters. The van der Waals surface area contributed by atoms with Crippen molar-refractivity contribution in [3.63, 3.8) is 0 Å². The Balaban J connectivity index is 1.22. The van der Waals surface area contributed by atoms with Gasteiger partial charge >= 0.3 is 0 Å². The van der Waals surface area contributed by atoms with E-state index in [0.29, 0.717) is 13.1 Å². The minimum atomic E-state index is -0.119. The summed E-state index contributed by atoms with van der Waals surface area (Å²) in [6.45, 7) is 4.15. The number of nitrogens with zero attached hydrogens (tertiary/aromatic N) is 4. The van der Waals surface area contributed by atoms with Crippen molar-refractivity contribution in [2.75, 3.05) is 11.9 Å². The van der Waals surface area contributed by atoms with Gasteiger partial charge in [-0.25, -0.2) is 9.97 Å². The molecule has 3 heterocycles. The molecule has 3 aromatic carbocycles. The predicted molar refractivity (Wildman–Crippen MR) is 166 cm³/mol. The Hall–Kier alpha value is -4.40. The van der Waals surface area contributed by atoms with Crippen molar-refractivity contribution in [2.45, 2.75) is 25.8 Å². The molecule has 0 bridgehead atoms. The van der Waals surface area contributed by atoms with Crippen molar-refractivity contribution in [3.8, 4) is 5.75 Å². The average Bonchev–Trinajstić information content (AvgIpc) is 3.55. The summed E-state index contributed by atoms with van der Waals surface area (Å²) < 4.78 is 10.9. The maximum atomic E-state index is 6.46. The Kier molecular flexibility index (Phi) is 7.61. The van der Waals surface area contributed by atoms with Gasteiger partial charge < -0.3 is 24.7 Å². The van der Waals surface area contributed by atoms with Crippen LogP contribution in [0.1, 0.15) is 16.7 Å². The van der Waals surface area contributed by atoms with Crippen molar-refractivity contribution in [1.82, 2.24) is 18.8 Å². The molecule has 2 aromatic heterocycles. The monoisotopic (exact) mass is 548 g/mol. The zero-order valence-corrected chi connectivity index (χ0v) is 23.2. The fourth-order valence-electron chi connectivity index (χ4n) is 4.81. The third kappa shape index (κ3) is 5.78. The Labute approximate surface area is 237 Å². The predicted octanol–water partition coefficient (Wildman–Crippen LogP) is 6.36. The number of ether oxygens (including phenoxy) is 1. The van der Waals surface area contributed by atoms with Crippen LogP contribution < -0.4 is 15.8 Å². The maximum Gasteiger partial charge on any atom is 0.158 e. The van der Waals surface area contributed by atoms with Crippen LogP contribution in [0.4, 0.5) is 11.5 Å². The van der Waals surface area contributed by atoms with Crippen LogP contribution in [0.25, 0.3) is 11.0 Å². The van der Waals surface area contributed by atoms with Crippen molar-refractivity contribution in [3.05, 3.63) is 126 Å². The Bertz CT molecular complexity index is 1680. The van der Waals surface area contributed by atoms with E-state index in [9.17, 15) is 0 Å². The highest BCUT2D eigenvalue weighted by Gasteiger charge is 2.18. The van der Waals surface area contributed by atoms with Crippen LogP contribution >= 0.6 is 10.7 Å². The van der Waals surface area contributed by atoms with Crippen molar-refractivity contribution >= 4 is 38.6 Å². The minimum absolute atomic E-state index is 0.119. The molecule has 0 amide bonds. The smallest absolute Gasteiger partial charge is 0.158 e. The lowest BCUT2D eigenvalue weighted by Crippen LogP contribution is -2.10. The first-order chi connectivity index (χ1) is 19.7. The maximum absolute atomic E-state index is 6.46. The van der Waals surface area contributed by atoms with Crippen LogP contribution in [0.2, 0.25) is 0 Å². The molecule has 1 aliphatic rings. The normalized spacial score (nSPS) is 14.7. The molecule has 6 rings (SSSR count). The number of anilines is 2. The largest absolute Gasteiger partial charge is 0.455 e. The highest BCUT2D eigenvalue weighted by atomic mass is 32.2. The van der Waals surface area contributed by atoms with Crippen LogP contribution in [0, 0.1) is 6.92 Å². The molecular formula is C32H32N6OS.